The maximum Gasteiger partial charge on any atom is 0.235 e. The van der Waals surface area contributed by atoms with Crippen LogP contribution < -0.4 is 19.8 Å². The van der Waals surface area contributed by atoms with Gasteiger partial charge in [-0.2, -0.15) is 0 Å². The lowest BCUT2D eigenvalue weighted by Gasteiger charge is -2.30. The van der Waals surface area contributed by atoms with Crippen molar-refractivity contribution in [2.45, 2.75) is 45.7 Å². The first-order chi connectivity index (χ1) is 14.5. The minimum absolute atomic E-state index is 0.127. The number of aromatic hydroxyl groups is 1. The van der Waals surface area contributed by atoms with Crippen LogP contribution in [0.3, 0.4) is 0 Å². The number of hydrogen-bond acceptors (Lipinski definition) is 5. The number of likely N-dealkylation sites (tertiary alicyclic amines) is 1. The average Bonchev–Trinajstić information content (AvgIpc) is 2.75. The summed E-state index contributed by atoms with van der Waals surface area (Å²) in [6.07, 6.45) is 3.58. The molecule has 0 spiro atoms. The van der Waals surface area contributed by atoms with Gasteiger partial charge in [0.2, 0.25) is 11.2 Å². The number of hydrogen-bond donors (Lipinski definition) is 2. The highest BCUT2D eigenvalue weighted by molar-refractivity contribution is 5.83. The Morgan fingerprint density at radius 3 is 2.67 bits per heavy atom. The van der Waals surface area contributed by atoms with Gasteiger partial charge < -0.3 is 23.9 Å². The Hall–Kier alpha value is -2.99. The summed E-state index contributed by atoms with van der Waals surface area (Å²) in [5, 5.41) is 11.0. The van der Waals surface area contributed by atoms with Crippen LogP contribution in [0.5, 0.6) is 23.0 Å². The molecule has 1 unspecified atom stereocenters. The van der Waals surface area contributed by atoms with E-state index < -0.39 is 0 Å². The normalized spacial score (nSPS) is 19.0. The highest BCUT2D eigenvalue weighted by atomic mass is 16.5. The van der Waals surface area contributed by atoms with E-state index in [9.17, 15) is 9.90 Å². The van der Waals surface area contributed by atoms with Gasteiger partial charge in [0.25, 0.3) is 0 Å². The largest absolute Gasteiger partial charge is 0.507 e. The average molecular weight is 410 g/mol. The van der Waals surface area contributed by atoms with Crippen LogP contribution in [-0.4, -0.2) is 24.8 Å². The molecule has 2 heterocycles. The third kappa shape index (κ3) is 3.75. The molecule has 6 heteroatoms. The van der Waals surface area contributed by atoms with Crippen molar-refractivity contribution >= 4 is 11.0 Å². The SMILES string of the molecule is COc1ccccc1Oc1c(C)oc2c(C[NH+]3CCCC[C@H]3C)c(O)ccc2c1=O. The molecule has 30 heavy (non-hydrogen) atoms. The van der Waals surface area contributed by atoms with Crippen molar-refractivity contribution in [2.24, 2.45) is 0 Å². The van der Waals surface area contributed by atoms with E-state index >= 15 is 0 Å². The number of piperidine rings is 1. The predicted molar refractivity (Wildman–Crippen MR) is 115 cm³/mol. The standard InChI is InChI=1S/C24H27NO5/c1-15-8-6-7-13-25(15)14-18-19(26)12-11-17-22(27)23(16(2)29-24(17)18)30-21-10-5-4-9-20(21)28-3/h4-5,9-12,15,26H,6-8,13-14H2,1-3H3/p+1/t15-/m1/s1. The fraction of sp³-hybridized carbons (Fsp3) is 0.375. The minimum atomic E-state index is -0.261. The molecule has 0 amide bonds. The summed E-state index contributed by atoms with van der Waals surface area (Å²) in [7, 11) is 1.55. The Kier molecular flexibility index (Phi) is 5.68. The van der Waals surface area contributed by atoms with Crippen molar-refractivity contribution in [3.8, 4) is 23.0 Å². The van der Waals surface area contributed by atoms with E-state index in [0.29, 0.717) is 46.4 Å². The lowest BCUT2D eigenvalue weighted by Crippen LogP contribution is -3.14. The topological polar surface area (TPSA) is 73.3 Å². The van der Waals surface area contributed by atoms with Gasteiger partial charge in [0, 0.05) is 0 Å². The number of fused-ring (bicyclic) bond motifs is 1. The number of phenols is 1. The fourth-order valence-electron chi connectivity index (χ4n) is 4.24. The van der Waals surface area contributed by atoms with E-state index in [0.717, 1.165) is 6.54 Å². The van der Waals surface area contributed by atoms with Crippen LogP contribution >= 0.6 is 0 Å². The monoisotopic (exact) mass is 410 g/mol. The molecule has 2 aromatic carbocycles. The van der Waals surface area contributed by atoms with Gasteiger partial charge >= 0.3 is 0 Å². The smallest absolute Gasteiger partial charge is 0.235 e. The summed E-state index contributed by atoms with van der Waals surface area (Å²) in [5.41, 5.74) is 0.859. The molecule has 0 bridgehead atoms. The third-order valence-corrected chi connectivity index (χ3v) is 6.03. The van der Waals surface area contributed by atoms with Gasteiger partial charge in [-0.15, -0.1) is 0 Å². The summed E-state index contributed by atoms with van der Waals surface area (Å²) in [6.45, 7) is 5.61. The van der Waals surface area contributed by atoms with Gasteiger partial charge in [-0.05, 0) is 57.4 Å². The van der Waals surface area contributed by atoms with Crippen molar-refractivity contribution in [3.05, 3.63) is 57.9 Å². The summed E-state index contributed by atoms with van der Waals surface area (Å²) in [5.74, 6) is 1.63. The number of methoxy groups -OCH3 is 1. The van der Waals surface area contributed by atoms with Crippen LogP contribution in [0.2, 0.25) is 0 Å². The molecule has 0 saturated carbocycles. The summed E-state index contributed by atoms with van der Waals surface area (Å²) < 4.78 is 17.3. The number of nitrogens with one attached hydrogen (secondary N) is 1. The maximum absolute atomic E-state index is 13.3. The van der Waals surface area contributed by atoms with Crippen LogP contribution in [0, 0.1) is 6.92 Å². The molecule has 1 saturated heterocycles. The molecule has 0 aliphatic carbocycles. The number of quaternary nitrogens is 1. The van der Waals surface area contributed by atoms with Gasteiger partial charge in [-0.3, -0.25) is 4.79 Å². The molecule has 0 radical (unpaired) electrons. The van der Waals surface area contributed by atoms with Gasteiger partial charge in [0.05, 0.1) is 30.6 Å². The van der Waals surface area contributed by atoms with E-state index in [2.05, 4.69) is 6.92 Å². The first-order valence-corrected chi connectivity index (χ1v) is 10.4. The van der Waals surface area contributed by atoms with Gasteiger partial charge in [0.1, 0.15) is 18.1 Å². The fourth-order valence-corrected chi connectivity index (χ4v) is 4.24. The van der Waals surface area contributed by atoms with Crippen LogP contribution in [-0.2, 0) is 6.54 Å². The zero-order valence-corrected chi connectivity index (χ0v) is 17.7. The molecular weight excluding hydrogens is 382 g/mol. The number of rotatable bonds is 5. The van der Waals surface area contributed by atoms with E-state index in [1.54, 1.807) is 38.3 Å². The highest BCUT2D eigenvalue weighted by Crippen LogP contribution is 2.34. The highest BCUT2D eigenvalue weighted by Gasteiger charge is 2.26. The molecular formula is C24H28NO5+. The van der Waals surface area contributed by atoms with Crippen LogP contribution in [0.25, 0.3) is 11.0 Å². The molecule has 2 atom stereocenters. The molecule has 3 aromatic rings. The molecule has 1 aliphatic heterocycles. The maximum atomic E-state index is 13.3. The Bertz CT molecular complexity index is 1120. The van der Waals surface area contributed by atoms with Crippen LogP contribution in [0.1, 0.15) is 37.5 Å². The lowest BCUT2D eigenvalue weighted by atomic mass is 10.0. The lowest BCUT2D eigenvalue weighted by molar-refractivity contribution is -0.941. The van der Waals surface area contributed by atoms with Crippen molar-refractivity contribution in [2.75, 3.05) is 13.7 Å². The first-order valence-electron chi connectivity index (χ1n) is 10.4. The second-order valence-corrected chi connectivity index (χ2v) is 7.99. The molecule has 1 aromatic heterocycles. The van der Waals surface area contributed by atoms with E-state index in [1.165, 1.54) is 24.2 Å². The van der Waals surface area contributed by atoms with E-state index in [4.69, 9.17) is 13.9 Å². The summed E-state index contributed by atoms with van der Waals surface area (Å²) in [4.78, 5) is 14.7. The summed E-state index contributed by atoms with van der Waals surface area (Å²) in [6, 6.07) is 10.8. The number of aryl methyl sites for hydroxylation is 1. The molecule has 1 fully saturated rings. The van der Waals surface area contributed by atoms with Crippen molar-refractivity contribution in [1.29, 1.82) is 0 Å². The Labute approximate surface area is 175 Å². The number of phenolic OH excluding ortho intramolecular Hbond substituents is 1. The predicted octanol–water partition coefficient (Wildman–Crippen LogP) is 3.57. The Morgan fingerprint density at radius 1 is 1.17 bits per heavy atom. The second-order valence-electron chi connectivity index (χ2n) is 7.99. The molecule has 2 N–H and O–H groups in total. The number of benzene rings is 2. The molecule has 158 valence electrons. The Morgan fingerprint density at radius 2 is 1.93 bits per heavy atom. The van der Waals surface area contributed by atoms with Gasteiger partial charge in [0.15, 0.2) is 17.1 Å². The third-order valence-electron chi connectivity index (χ3n) is 6.03. The second kappa shape index (κ2) is 8.40. The van der Waals surface area contributed by atoms with Crippen LogP contribution in [0.4, 0.5) is 0 Å². The quantitative estimate of drug-likeness (QED) is 0.673. The molecule has 1 aliphatic rings. The molecule has 6 nitrogen and oxygen atoms in total. The Balaban J connectivity index is 1.78. The van der Waals surface area contributed by atoms with Gasteiger partial charge in [-0.1, -0.05) is 12.1 Å². The van der Waals surface area contributed by atoms with Crippen molar-refractivity contribution in [1.82, 2.24) is 0 Å². The van der Waals surface area contributed by atoms with E-state index in [1.807, 2.05) is 12.1 Å². The first kappa shape index (κ1) is 20.3. The van der Waals surface area contributed by atoms with Crippen molar-refractivity contribution < 1.29 is 23.9 Å². The number of ether oxygens (including phenoxy) is 2. The molecule has 4 rings (SSSR count). The minimum Gasteiger partial charge on any atom is -0.507 e. The van der Waals surface area contributed by atoms with Crippen LogP contribution in [0.15, 0.2) is 45.6 Å². The summed E-state index contributed by atoms with van der Waals surface area (Å²) >= 11 is 0. The van der Waals surface area contributed by atoms with E-state index in [-0.39, 0.29) is 16.9 Å². The zero-order chi connectivity index (χ0) is 21.3. The van der Waals surface area contributed by atoms with Gasteiger partial charge in [-0.25, -0.2) is 0 Å². The zero-order valence-electron chi connectivity index (χ0n) is 17.7. The van der Waals surface area contributed by atoms with Crippen molar-refractivity contribution in [3.63, 3.8) is 0 Å². The number of para-hydroxylation sites is 2.